The van der Waals surface area contributed by atoms with Gasteiger partial charge in [-0.3, -0.25) is 4.79 Å². The van der Waals surface area contributed by atoms with Crippen LogP contribution in [0.5, 0.6) is 0 Å². The van der Waals surface area contributed by atoms with Crippen LogP contribution in [0.15, 0.2) is 0 Å². The SMILES string of the molecule is CCOC(CNS(C)(=O)=O)COC(=O)CN. The fourth-order valence-corrected chi connectivity index (χ4v) is 1.38. The van der Waals surface area contributed by atoms with E-state index >= 15 is 0 Å². The first kappa shape index (κ1) is 15.3. The molecule has 0 saturated heterocycles. The number of carbonyl (C=O) groups is 1. The molecule has 0 spiro atoms. The van der Waals surface area contributed by atoms with Crippen LogP contribution < -0.4 is 10.5 Å². The summed E-state index contributed by atoms with van der Waals surface area (Å²) in [6.07, 6.45) is 0.539. The molecule has 0 heterocycles. The average Bonchev–Trinajstić information content (AvgIpc) is 2.20. The van der Waals surface area contributed by atoms with Gasteiger partial charge >= 0.3 is 5.97 Å². The molecule has 0 aromatic heterocycles. The number of hydrogen-bond donors (Lipinski definition) is 2. The molecule has 0 aromatic carbocycles. The molecule has 3 N–H and O–H groups in total. The van der Waals surface area contributed by atoms with E-state index in [1.54, 1.807) is 6.92 Å². The van der Waals surface area contributed by atoms with Crippen molar-refractivity contribution in [3.63, 3.8) is 0 Å². The molecule has 0 amide bonds. The third kappa shape index (κ3) is 8.60. The van der Waals surface area contributed by atoms with Gasteiger partial charge in [0.15, 0.2) is 0 Å². The average molecular weight is 254 g/mol. The molecule has 0 aliphatic rings. The molecular weight excluding hydrogens is 236 g/mol. The highest BCUT2D eigenvalue weighted by Crippen LogP contribution is 1.93. The summed E-state index contributed by atoms with van der Waals surface area (Å²) in [6, 6.07) is 0. The summed E-state index contributed by atoms with van der Waals surface area (Å²) >= 11 is 0. The highest BCUT2D eigenvalue weighted by Gasteiger charge is 2.13. The van der Waals surface area contributed by atoms with E-state index in [4.69, 9.17) is 15.2 Å². The van der Waals surface area contributed by atoms with Crippen LogP contribution in [0.25, 0.3) is 0 Å². The summed E-state index contributed by atoms with van der Waals surface area (Å²) in [5, 5.41) is 0. The molecule has 0 fully saturated rings. The van der Waals surface area contributed by atoms with Gasteiger partial charge in [0, 0.05) is 13.2 Å². The van der Waals surface area contributed by atoms with Crippen molar-refractivity contribution in [3.05, 3.63) is 0 Å². The Hall–Kier alpha value is -0.700. The lowest BCUT2D eigenvalue weighted by atomic mass is 10.4. The zero-order chi connectivity index (χ0) is 12.6. The fourth-order valence-electron chi connectivity index (χ4n) is 0.891. The van der Waals surface area contributed by atoms with Crippen molar-refractivity contribution >= 4 is 16.0 Å². The molecule has 8 heteroatoms. The molecular formula is C8H18N2O5S. The van der Waals surface area contributed by atoms with Gasteiger partial charge in [-0.15, -0.1) is 0 Å². The second-order valence-corrected chi connectivity index (χ2v) is 4.92. The van der Waals surface area contributed by atoms with Crippen LogP contribution >= 0.6 is 0 Å². The van der Waals surface area contributed by atoms with Crippen LogP contribution in [0.1, 0.15) is 6.92 Å². The minimum atomic E-state index is -3.28. The van der Waals surface area contributed by atoms with Crippen molar-refractivity contribution < 1.29 is 22.7 Å². The molecule has 1 unspecified atom stereocenters. The zero-order valence-electron chi connectivity index (χ0n) is 9.43. The van der Waals surface area contributed by atoms with Crippen molar-refractivity contribution in [3.8, 4) is 0 Å². The molecule has 0 aromatic rings. The van der Waals surface area contributed by atoms with Crippen LogP contribution in [0, 0.1) is 0 Å². The lowest BCUT2D eigenvalue weighted by molar-refractivity contribution is -0.145. The minimum Gasteiger partial charge on any atom is -0.462 e. The number of sulfonamides is 1. The van der Waals surface area contributed by atoms with Gasteiger partial charge in [-0.2, -0.15) is 0 Å². The monoisotopic (exact) mass is 254 g/mol. The second kappa shape index (κ2) is 7.55. The third-order valence-corrected chi connectivity index (χ3v) is 2.26. The van der Waals surface area contributed by atoms with Crippen LogP contribution in [0.3, 0.4) is 0 Å². The van der Waals surface area contributed by atoms with Crippen LogP contribution in [-0.4, -0.2) is 53.1 Å². The van der Waals surface area contributed by atoms with Crippen LogP contribution in [0.2, 0.25) is 0 Å². The number of hydrogen-bond acceptors (Lipinski definition) is 6. The Morgan fingerprint density at radius 1 is 1.50 bits per heavy atom. The number of rotatable bonds is 8. The van der Waals surface area contributed by atoms with E-state index in [1.807, 2.05) is 0 Å². The Bertz CT molecular complexity index is 304. The molecule has 0 rings (SSSR count). The lowest BCUT2D eigenvalue weighted by Gasteiger charge is -2.16. The Morgan fingerprint density at radius 2 is 2.12 bits per heavy atom. The molecule has 1 atom stereocenters. The van der Waals surface area contributed by atoms with Gasteiger partial charge in [-0.1, -0.05) is 0 Å². The highest BCUT2D eigenvalue weighted by molar-refractivity contribution is 7.88. The summed E-state index contributed by atoms with van der Waals surface area (Å²) in [5.74, 6) is -0.552. The van der Waals surface area contributed by atoms with E-state index < -0.39 is 22.1 Å². The Balaban J connectivity index is 4.02. The number of nitrogens with one attached hydrogen (secondary N) is 1. The van der Waals surface area contributed by atoms with Crippen molar-refractivity contribution in [2.75, 3.05) is 32.6 Å². The maximum Gasteiger partial charge on any atom is 0.319 e. The van der Waals surface area contributed by atoms with E-state index in [-0.39, 0.29) is 19.7 Å². The predicted octanol–water partition coefficient (Wildman–Crippen LogP) is -1.56. The zero-order valence-corrected chi connectivity index (χ0v) is 10.2. The van der Waals surface area contributed by atoms with E-state index in [9.17, 15) is 13.2 Å². The molecule has 0 aliphatic heterocycles. The third-order valence-electron chi connectivity index (χ3n) is 1.57. The summed E-state index contributed by atoms with van der Waals surface area (Å²) in [5.41, 5.74) is 5.05. The lowest BCUT2D eigenvalue weighted by Crippen LogP contribution is -2.37. The first-order chi connectivity index (χ1) is 7.39. The van der Waals surface area contributed by atoms with E-state index in [2.05, 4.69) is 4.72 Å². The molecule has 16 heavy (non-hydrogen) atoms. The largest absolute Gasteiger partial charge is 0.462 e. The molecule has 0 aliphatic carbocycles. The van der Waals surface area contributed by atoms with Gasteiger partial charge in [0.2, 0.25) is 10.0 Å². The van der Waals surface area contributed by atoms with Crippen molar-refractivity contribution in [2.24, 2.45) is 5.73 Å². The molecule has 96 valence electrons. The number of ether oxygens (including phenoxy) is 2. The van der Waals surface area contributed by atoms with E-state index in [1.165, 1.54) is 0 Å². The topological polar surface area (TPSA) is 108 Å². The quantitative estimate of drug-likeness (QED) is 0.507. The highest BCUT2D eigenvalue weighted by atomic mass is 32.2. The first-order valence-corrected chi connectivity index (χ1v) is 6.70. The van der Waals surface area contributed by atoms with Gasteiger partial charge in [-0.05, 0) is 6.92 Å². The van der Waals surface area contributed by atoms with Crippen molar-refractivity contribution in [2.45, 2.75) is 13.0 Å². The van der Waals surface area contributed by atoms with Crippen LogP contribution in [-0.2, 0) is 24.3 Å². The molecule has 0 bridgehead atoms. The Morgan fingerprint density at radius 3 is 2.56 bits per heavy atom. The summed E-state index contributed by atoms with van der Waals surface area (Å²) in [7, 11) is -3.28. The van der Waals surface area contributed by atoms with E-state index in [0.29, 0.717) is 6.61 Å². The number of carbonyl (C=O) groups excluding carboxylic acids is 1. The second-order valence-electron chi connectivity index (χ2n) is 3.09. The fraction of sp³-hybridized carbons (Fsp3) is 0.875. The van der Waals surface area contributed by atoms with Crippen LogP contribution in [0.4, 0.5) is 0 Å². The summed E-state index contributed by atoms with van der Waals surface area (Å²) in [6.45, 7) is 1.99. The van der Waals surface area contributed by atoms with Gasteiger partial charge in [0.05, 0.1) is 12.8 Å². The first-order valence-electron chi connectivity index (χ1n) is 4.81. The summed E-state index contributed by atoms with van der Waals surface area (Å²) in [4.78, 5) is 10.8. The standard InChI is InChI=1S/C8H18N2O5S/c1-3-14-7(5-10-16(2,12)13)6-15-8(11)4-9/h7,10H,3-6,9H2,1-2H3. The maximum absolute atomic E-state index is 10.8. The van der Waals surface area contributed by atoms with Gasteiger partial charge in [0.1, 0.15) is 12.7 Å². The predicted molar refractivity (Wildman–Crippen MR) is 58.3 cm³/mol. The minimum absolute atomic E-state index is 0.0214. The molecule has 0 radical (unpaired) electrons. The number of nitrogens with two attached hydrogens (primary N) is 1. The van der Waals surface area contributed by atoms with E-state index in [0.717, 1.165) is 6.26 Å². The Labute approximate surface area is 95.3 Å². The summed E-state index contributed by atoms with van der Waals surface area (Å²) < 4.78 is 33.9. The van der Waals surface area contributed by atoms with Gasteiger partial charge < -0.3 is 15.2 Å². The smallest absolute Gasteiger partial charge is 0.319 e. The van der Waals surface area contributed by atoms with Crippen molar-refractivity contribution in [1.82, 2.24) is 4.72 Å². The van der Waals surface area contributed by atoms with Gasteiger partial charge in [0.25, 0.3) is 0 Å². The van der Waals surface area contributed by atoms with Gasteiger partial charge in [-0.25, -0.2) is 13.1 Å². The van der Waals surface area contributed by atoms with Crippen molar-refractivity contribution in [1.29, 1.82) is 0 Å². The normalized spacial score (nSPS) is 13.4. The number of esters is 1. The molecule has 0 saturated carbocycles. The molecule has 7 nitrogen and oxygen atoms in total. The Kier molecular flexibility index (Phi) is 7.22. The maximum atomic E-state index is 10.8.